The summed E-state index contributed by atoms with van der Waals surface area (Å²) >= 11 is 5.22. The average molecular weight is 566 g/mol. The number of halogens is 3. The smallest absolute Gasteiger partial charge is 0 e. The fourth-order valence-corrected chi connectivity index (χ4v) is 0. The van der Waals surface area contributed by atoms with Gasteiger partial charge in [-0.1, -0.05) is 0 Å². The molecule has 4 heteroatoms. The van der Waals surface area contributed by atoms with Gasteiger partial charge in [0.25, 0.3) is 0 Å². The van der Waals surface area contributed by atoms with E-state index in [1.165, 1.54) is 0 Å². The first kappa shape index (κ1) is 9.99. The van der Waals surface area contributed by atoms with Gasteiger partial charge in [-0.3, -0.25) is 0 Å². The summed E-state index contributed by atoms with van der Waals surface area (Å²) in [5, 5.41) is 0. The van der Waals surface area contributed by atoms with Crippen molar-refractivity contribution in [3.05, 3.63) is 0 Å². The number of hydrogen-bond acceptors (Lipinski definition) is 0. The summed E-state index contributed by atoms with van der Waals surface area (Å²) in [6.45, 7) is 0. The van der Waals surface area contributed by atoms with Gasteiger partial charge in [0.15, 0.2) is 0 Å². The third-order valence-electron chi connectivity index (χ3n) is 0. The van der Waals surface area contributed by atoms with Gasteiger partial charge in [0.2, 0.25) is 0 Å². The Balaban J connectivity index is 0. The molecular formula is HI3W. The van der Waals surface area contributed by atoms with Gasteiger partial charge in [-0.05, 0) is 0 Å². The summed E-state index contributed by atoms with van der Waals surface area (Å²) in [5.74, 6) is 0. The molecule has 0 rings (SSSR count). The van der Waals surface area contributed by atoms with E-state index >= 15 is 0 Å². The molecule has 0 aliphatic heterocycles. The largest absolute Gasteiger partial charge is 0 e. The van der Waals surface area contributed by atoms with Gasteiger partial charge in [0.05, 0.1) is 0 Å². The third kappa shape index (κ3) is 8.86. The molecule has 0 unspecified atom stereocenters. The van der Waals surface area contributed by atoms with Crippen molar-refractivity contribution < 1.29 is 21.1 Å². The van der Waals surface area contributed by atoms with Gasteiger partial charge in [-0.15, -0.1) is 0 Å². The Labute approximate surface area is 69.7 Å². The molecule has 0 aromatic heterocycles. The molecule has 0 bridgehead atoms. The molecule has 0 aliphatic carbocycles. The molecule has 0 saturated heterocycles. The fraction of sp³-hybridized carbons (Fsp3) is 0. The van der Waals surface area contributed by atoms with E-state index in [1.807, 2.05) is 0 Å². The third-order valence-corrected chi connectivity index (χ3v) is 0. The molecule has 0 aromatic carbocycles. The molecule has 4 heavy (non-hydrogen) atoms. The second-order valence-electron chi connectivity index (χ2n) is 0.0583. The van der Waals surface area contributed by atoms with Crippen molar-refractivity contribution in [1.29, 1.82) is 0 Å². The van der Waals surface area contributed by atoms with Crippen LogP contribution >= 0.6 is 50.5 Å². The Hall–Kier alpha value is 2.88. The van der Waals surface area contributed by atoms with Gasteiger partial charge >= 0.3 is 50.5 Å². The van der Waals surface area contributed by atoms with Crippen LogP contribution < -0.4 is 0 Å². The van der Waals surface area contributed by atoms with Crippen LogP contribution in [-0.4, -0.2) is 0 Å². The van der Waals surface area contributed by atoms with Crippen molar-refractivity contribution in [2.75, 3.05) is 0 Å². The van der Waals surface area contributed by atoms with E-state index in [-0.39, 0.29) is 21.1 Å². The van der Waals surface area contributed by atoms with Gasteiger partial charge in [0, 0.05) is 21.1 Å². The van der Waals surface area contributed by atoms with Crippen molar-refractivity contribution >= 4 is 50.5 Å². The van der Waals surface area contributed by atoms with Crippen LogP contribution in [0, 0.1) is 0 Å². The summed E-state index contributed by atoms with van der Waals surface area (Å²) < 4.78 is 0. The summed E-state index contributed by atoms with van der Waals surface area (Å²) in [7, 11) is 0. The Bertz CT molecular complexity index is 3.25. The van der Waals surface area contributed by atoms with Crippen LogP contribution in [0.1, 0.15) is 0 Å². The molecule has 0 fully saturated rings. The predicted octanol–water partition coefficient (Wildman–Crippen LogP) is 2.39. The maximum atomic E-state index is 2.41. The molecule has 0 aliphatic rings. The van der Waals surface area contributed by atoms with Gasteiger partial charge in [-0.2, -0.15) is 0 Å². The van der Waals surface area contributed by atoms with Gasteiger partial charge < -0.3 is 0 Å². The molecule has 0 aromatic rings. The second-order valence-corrected chi connectivity index (χ2v) is 17.6. The van der Waals surface area contributed by atoms with Crippen LogP contribution in [0.3, 0.4) is 0 Å². The van der Waals surface area contributed by atoms with Crippen LogP contribution in [0.5, 0.6) is 0 Å². The van der Waals surface area contributed by atoms with Crippen LogP contribution in [0.15, 0.2) is 0 Å². The van der Waals surface area contributed by atoms with Crippen molar-refractivity contribution in [3.63, 3.8) is 0 Å². The molecule has 0 nitrogen and oxygen atoms in total. The molecular weight excluding hydrogens is 565 g/mol. The minimum atomic E-state index is 0. The van der Waals surface area contributed by atoms with Crippen molar-refractivity contribution in [2.24, 2.45) is 0 Å². The SMILES string of the molecule is I[IH]I.[W]. The van der Waals surface area contributed by atoms with E-state index in [0.717, 1.165) is 0 Å². The zero-order chi connectivity index (χ0) is 2.71. The molecule has 0 radical (unpaired) electrons. The first-order valence-electron chi connectivity index (χ1n) is 0.309. The minimum Gasteiger partial charge on any atom is 0 e. The van der Waals surface area contributed by atoms with Crippen LogP contribution in [0.25, 0.3) is 0 Å². The summed E-state index contributed by atoms with van der Waals surface area (Å²) in [6, 6.07) is 0. The average Bonchev–Trinajstić information content (AvgIpc) is 0.918. The molecule has 0 atom stereocenters. The predicted molar refractivity (Wildman–Crippen MR) is 43.5 cm³/mol. The standard InChI is InChI=1S/HI3.W/c1-3-2;/h3H;. The Kier molecular flexibility index (Phi) is 23.2. The molecule has 0 saturated carbocycles. The van der Waals surface area contributed by atoms with E-state index in [9.17, 15) is 0 Å². The first-order chi connectivity index (χ1) is 1.41. The Morgan fingerprint density at radius 2 is 1.25 bits per heavy atom. The molecule has 28 valence electrons. The number of rotatable bonds is 0. The van der Waals surface area contributed by atoms with E-state index in [4.69, 9.17) is 0 Å². The van der Waals surface area contributed by atoms with Crippen LogP contribution in [-0.2, 0) is 21.1 Å². The second kappa shape index (κ2) is 9.30. The molecule has 0 heterocycles. The summed E-state index contributed by atoms with van der Waals surface area (Å²) in [4.78, 5) is 0. The summed E-state index contributed by atoms with van der Waals surface area (Å²) in [5.41, 5.74) is 0. The van der Waals surface area contributed by atoms with E-state index < -0.39 is 0 Å². The van der Waals surface area contributed by atoms with Crippen molar-refractivity contribution in [3.8, 4) is 0 Å². The van der Waals surface area contributed by atoms with Crippen molar-refractivity contribution in [2.45, 2.75) is 0 Å². The normalized spacial score (nSPS) is 5.50. The zero-order valence-corrected chi connectivity index (χ0v) is 11.2. The fourth-order valence-electron chi connectivity index (χ4n) is 0. The van der Waals surface area contributed by atoms with Gasteiger partial charge in [0.1, 0.15) is 0 Å². The maximum Gasteiger partial charge on any atom is 0 e. The molecule has 0 spiro atoms. The molecule has 0 amide bonds. The Morgan fingerprint density at radius 3 is 1.25 bits per heavy atom. The number of hydrogen-bond donors (Lipinski definition) is 0. The van der Waals surface area contributed by atoms with Crippen molar-refractivity contribution in [1.82, 2.24) is 0 Å². The minimum absolute atomic E-state index is 0. The van der Waals surface area contributed by atoms with Gasteiger partial charge in [-0.25, -0.2) is 0 Å². The topological polar surface area (TPSA) is 0 Å². The van der Waals surface area contributed by atoms with E-state index in [2.05, 4.69) is 37.2 Å². The summed E-state index contributed by atoms with van der Waals surface area (Å²) in [6.07, 6.45) is 0. The van der Waals surface area contributed by atoms with E-state index in [0.29, 0.717) is 13.3 Å². The first-order valence-corrected chi connectivity index (χ1v) is 13.9. The monoisotopic (exact) mass is 566 g/mol. The van der Waals surface area contributed by atoms with Crippen LogP contribution in [0.2, 0.25) is 0 Å². The molecule has 0 N–H and O–H groups in total. The van der Waals surface area contributed by atoms with E-state index in [1.54, 1.807) is 0 Å². The Morgan fingerprint density at radius 1 is 1.25 bits per heavy atom. The quantitative estimate of drug-likeness (QED) is 0.396. The van der Waals surface area contributed by atoms with Crippen LogP contribution in [0.4, 0.5) is 0 Å². The maximum absolute atomic E-state index is 2.41. The zero-order valence-electron chi connectivity index (χ0n) is 1.57.